The van der Waals surface area contributed by atoms with Crippen LogP contribution in [0.25, 0.3) is 44.2 Å². The van der Waals surface area contributed by atoms with E-state index in [1.54, 1.807) is 9.80 Å². The molecule has 15 heteroatoms. The molecule has 55 heavy (non-hydrogen) atoms. The van der Waals surface area contributed by atoms with E-state index in [-0.39, 0.29) is 54.5 Å². The fourth-order valence-electron chi connectivity index (χ4n) is 6.93. The molecule has 3 heterocycles. The van der Waals surface area contributed by atoms with Crippen molar-refractivity contribution in [3.05, 3.63) is 65.6 Å². The first kappa shape index (κ1) is 39.9. The molecule has 1 aliphatic heterocycles. The van der Waals surface area contributed by atoms with Gasteiger partial charge in [0.15, 0.2) is 0 Å². The Hall–Kier alpha value is -4.77. The van der Waals surface area contributed by atoms with Gasteiger partial charge in [-0.1, -0.05) is 68.5 Å². The van der Waals surface area contributed by atoms with Gasteiger partial charge in [0.05, 0.1) is 31.2 Å². The zero-order valence-electron chi connectivity index (χ0n) is 32.1. The van der Waals surface area contributed by atoms with Crippen LogP contribution in [0.5, 0.6) is 5.75 Å². The molecule has 3 aromatic carbocycles. The van der Waals surface area contributed by atoms with Gasteiger partial charge < -0.3 is 40.3 Å². The van der Waals surface area contributed by atoms with E-state index in [2.05, 4.69) is 26.3 Å². The highest BCUT2D eigenvalue weighted by Gasteiger charge is 2.32. The van der Waals surface area contributed by atoms with E-state index in [9.17, 15) is 14.4 Å². The molecule has 13 nitrogen and oxygen atoms in total. The number of halogens is 2. The molecule has 5 aromatic rings. The van der Waals surface area contributed by atoms with Gasteiger partial charge in [-0.05, 0) is 73.4 Å². The number of imidazole rings is 2. The van der Waals surface area contributed by atoms with Crippen molar-refractivity contribution in [1.82, 2.24) is 35.1 Å². The van der Waals surface area contributed by atoms with Crippen molar-refractivity contribution in [2.75, 3.05) is 7.11 Å². The number of ether oxygens (including phenoxy) is 2. The molecule has 0 radical (unpaired) electrons. The van der Waals surface area contributed by atoms with Gasteiger partial charge in [0.1, 0.15) is 39.8 Å². The first-order valence-corrected chi connectivity index (χ1v) is 19.8. The Labute approximate surface area is 333 Å². The average molecular weight is 867 g/mol. The summed E-state index contributed by atoms with van der Waals surface area (Å²) in [5, 5.41) is 4.53. The number of alkyl halides is 1. The maximum atomic E-state index is 15.6. The quantitative estimate of drug-likeness (QED) is 0.0549. The summed E-state index contributed by atoms with van der Waals surface area (Å²) in [4.78, 5) is 57.7. The maximum Gasteiger partial charge on any atom is 0.407 e. The molecule has 0 bridgehead atoms. The van der Waals surface area contributed by atoms with Crippen molar-refractivity contribution in [2.45, 2.75) is 96.3 Å². The van der Waals surface area contributed by atoms with Crippen molar-refractivity contribution in [3.63, 3.8) is 0 Å². The number of rotatable bonds is 13. The number of aromatic nitrogens is 4. The third-order valence-electron chi connectivity index (χ3n) is 10.5. The fraction of sp³-hybridized carbons (Fsp3) is 0.425. The normalized spacial score (nSPS) is 14.5. The number of aromatic amines is 2. The third kappa shape index (κ3) is 8.13. The smallest absolute Gasteiger partial charge is 0.407 e. The largest absolute Gasteiger partial charge is 0.488 e. The third-order valence-corrected chi connectivity index (χ3v) is 11.0. The lowest BCUT2D eigenvalue weighted by Crippen LogP contribution is -2.53. The lowest BCUT2D eigenvalue weighted by molar-refractivity contribution is -0.137. The minimum atomic E-state index is -0.827. The highest BCUT2D eigenvalue weighted by molar-refractivity contribution is 14.1. The second-order valence-electron chi connectivity index (χ2n) is 14.4. The summed E-state index contributed by atoms with van der Waals surface area (Å²) in [6.07, 6.45) is 0.739. The van der Waals surface area contributed by atoms with Gasteiger partial charge in [-0.2, -0.15) is 4.39 Å². The van der Waals surface area contributed by atoms with Crippen LogP contribution in [0.3, 0.4) is 0 Å². The van der Waals surface area contributed by atoms with Crippen LogP contribution in [0, 0.1) is 11.9 Å². The van der Waals surface area contributed by atoms with Crippen molar-refractivity contribution in [3.8, 4) is 28.1 Å². The molecule has 5 N–H and O–H groups in total. The van der Waals surface area contributed by atoms with E-state index >= 15 is 4.39 Å². The Morgan fingerprint density at radius 1 is 0.945 bits per heavy atom. The Morgan fingerprint density at radius 2 is 1.62 bits per heavy atom. The molecule has 3 amide bonds. The number of alkyl carbamates (subject to hydrolysis) is 1. The zero-order chi connectivity index (χ0) is 39.7. The Balaban J connectivity index is 1.27. The van der Waals surface area contributed by atoms with Gasteiger partial charge in [0.2, 0.25) is 17.8 Å². The van der Waals surface area contributed by atoms with Gasteiger partial charge in [-0.25, -0.2) is 14.8 Å². The van der Waals surface area contributed by atoms with E-state index in [0.717, 1.165) is 44.9 Å². The van der Waals surface area contributed by atoms with Crippen LogP contribution in [-0.4, -0.2) is 76.9 Å². The molecular formula is C40H48FIN8O5. The summed E-state index contributed by atoms with van der Waals surface area (Å²) >= 11 is 1.94. The Bertz CT molecular complexity index is 2240. The first-order valence-electron chi connectivity index (χ1n) is 18.6. The van der Waals surface area contributed by atoms with Crippen LogP contribution in [0.4, 0.5) is 9.18 Å². The zero-order valence-corrected chi connectivity index (χ0v) is 34.3. The van der Waals surface area contributed by atoms with Gasteiger partial charge in [0, 0.05) is 28.6 Å². The summed E-state index contributed by atoms with van der Waals surface area (Å²) in [7, 11) is 1.25. The van der Waals surface area contributed by atoms with Gasteiger partial charge in [-0.15, -0.1) is 0 Å². The first-order chi connectivity index (χ1) is 26.2. The Morgan fingerprint density at radius 3 is 2.25 bits per heavy atom. The highest BCUT2D eigenvalue weighted by Crippen LogP contribution is 2.42. The van der Waals surface area contributed by atoms with E-state index in [4.69, 9.17) is 20.2 Å². The van der Waals surface area contributed by atoms with Crippen molar-refractivity contribution in [1.29, 1.82) is 0 Å². The molecule has 4 atom stereocenters. The van der Waals surface area contributed by atoms with Gasteiger partial charge in [0.25, 0.3) is 0 Å². The lowest BCUT2D eigenvalue weighted by Gasteiger charge is -2.33. The van der Waals surface area contributed by atoms with Crippen molar-refractivity contribution < 1.29 is 28.2 Å². The molecule has 6 rings (SSSR count). The molecule has 2 aromatic heterocycles. The molecule has 1 aliphatic rings. The fourth-order valence-corrected chi connectivity index (χ4v) is 7.28. The SMILES string of the molecule is CC[C@H](C)N(Cc1nc(-c2ccc3c(c2)COc2cc4c(ccc5[nH]c(CN(C(=O)[C@@H](N)I)[C@@H](C)CC)nc54)cc2-3)c(F)[nH]1)C(=O)C(NC(=O)OC)C(C)C. The van der Waals surface area contributed by atoms with Crippen LogP contribution in [-0.2, 0) is 34.0 Å². The number of carbonyl (C=O) groups excluding carboxylic acids is 3. The molecular weight excluding hydrogens is 818 g/mol. The second kappa shape index (κ2) is 16.5. The molecule has 292 valence electrons. The van der Waals surface area contributed by atoms with Crippen LogP contribution < -0.4 is 15.8 Å². The Kier molecular flexibility index (Phi) is 12.0. The number of H-pyrrole nitrogens is 2. The van der Waals surface area contributed by atoms with Crippen LogP contribution in [0.1, 0.15) is 71.6 Å². The van der Waals surface area contributed by atoms with Crippen molar-refractivity contribution >= 4 is 62.3 Å². The number of fused-ring (bicyclic) bond motifs is 6. The minimum Gasteiger partial charge on any atom is -0.488 e. The maximum absolute atomic E-state index is 15.6. The van der Waals surface area contributed by atoms with E-state index in [1.165, 1.54) is 7.11 Å². The molecule has 1 unspecified atom stereocenters. The summed E-state index contributed by atoms with van der Waals surface area (Å²) in [5.74, 6) is 0.407. The average Bonchev–Trinajstić information content (AvgIpc) is 3.78. The molecule has 0 spiro atoms. The second-order valence-corrected chi connectivity index (χ2v) is 15.8. The number of nitrogens with two attached hydrogens (primary N) is 1. The summed E-state index contributed by atoms with van der Waals surface area (Å²) < 4.78 is 25.9. The number of methoxy groups -OCH3 is 1. The molecule has 0 saturated carbocycles. The van der Waals surface area contributed by atoms with Crippen LogP contribution in [0.15, 0.2) is 42.5 Å². The molecule has 0 fully saturated rings. The van der Waals surface area contributed by atoms with E-state index in [1.807, 2.05) is 101 Å². The summed E-state index contributed by atoms with van der Waals surface area (Å²) in [5.41, 5.74) is 11.1. The highest BCUT2D eigenvalue weighted by atomic mass is 127. The van der Waals surface area contributed by atoms with Gasteiger partial charge >= 0.3 is 6.09 Å². The van der Waals surface area contributed by atoms with E-state index < -0.39 is 22.1 Å². The van der Waals surface area contributed by atoms with Crippen molar-refractivity contribution in [2.24, 2.45) is 11.7 Å². The van der Waals surface area contributed by atoms with Gasteiger partial charge in [-0.3, -0.25) is 9.59 Å². The number of amides is 3. The predicted octanol–water partition coefficient (Wildman–Crippen LogP) is 7.16. The predicted molar refractivity (Wildman–Crippen MR) is 218 cm³/mol. The number of hydrogen-bond donors (Lipinski definition) is 4. The summed E-state index contributed by atoms with van der Waals surface area (Å²) in [6, 6.07) is 12.7. The molecule has 0 saturated heterocycles. The molecule has 0 aliphatic carbocycles. The standard InChI is InChI=1S/C40H48FIN8O5/c1-8-21(5)49(38(51)33(20(3)4)48-40(53)54-7)18-32-45-34(36(41)47-32)24-10-12-26-25(14-24)19-55-30-16-27-23(15-28(26)30)11-13-29-35(27)46-31(44-29)17-50(22(6)9-2)39(52)37(42)43/h10-16,20-22,33,37H,8-9,17-19,43H2,1-7H3,(H,44,46)(H,45,47)(H,48,53)/t21-,22-,33?,37+/m0/s1. The van der Waals surface area contributed by atoms with Crippen LogP contribution in [0.2, 0.25) is 0 Å². The number of benzene rings is 3. The summed E-state index contributed by atoms with van der Waals surface area (Å²) in [6.45, 7) is 12.2. The minimum absolute atomic E-state index is 0.00217. The lowest BCUT2D eigenvalue weighted by atomic mass is 9.92. The topological polar surface area (TPSA) is 172 Å². The monoisotopic (exact) mass is 866 g/mol. The number of nitrogens with zero attached hydrogens (tertiary/aromatic N) is 4. The number of nitrogens with one attached hydrogen (secondary N) is 3. The number of carbonyl (C=O) groups is 3. The van der Waals surface area contributed by atoms with Crippen LogP contribution >= 0.6 is 22.6 Å². The number of hydrogen-bond acceptors (Lipinski definition) is 8. The van der Waals surface area contributed by atoms with E-state index in [0.29, 0.717) is 30.1 Å².